The molecule has 0 aliphatic carbocycles. The molecule has 0 radical (unpaired) electrons. The monoisotopic (exact) mass is 285 g/mol. The van der Waals surface area contributed by atoms with E-state index in [4.69, 9.17) is 4.42 Å². The second-order valence-corrected chi connectivity index (χ2v) is 5.69. The van der Waals surface area contributed by atoms with Crippen LogP contribution < -0.4 is 5.32 Å². The maximum atomic E-state index is 5.65. The lowest BCUT2D eigenvalue weighted by atomic mass is 10.1. The number of hydrogen-bond acceptors (Lipinski definition) is 4. The molecular formula is C17H23N3O. The molecule has 1 saturated heterocycles. The van der Waals surface area contributed by atoms with Gasteiger partial charge in [0.2, 0.25) is 0 Å². The molecule has 0 amide bonds. The van der Waals surface area contributed by atoms with Crippen LogP contribution in [0, 0.1) is 0 Å². The van der Waals surface area contributed by atoms with Gasteiger partial charge in [0.25, 0.3) is 0 Å². The first-order valence-corrected chi connectivity index (χ1v) is 7.75. The van der Waals surface area contributed by atoms with E-state index in [-0.39, 0.29) is 0 Å². The fourth-order valence-corrected chi connectivity index (χ4v) is 2.98. The second-order valence-electron chi connectivity index (χ2n) is 5.69. The van der Waals surface area contributed by atoms with Crippen LogP contribution in [0.15, 0.2) is 47.3 Å². The van der Waals surface area contributed by atoms with Gasteiger partial charge in [-0.1, -0.05) is 6.07 Å². The van der Waals surface area contributed by atoms with E-state index < -0.39 is 0 Å². The Kier molecular flexibility index (Phi) is 4.68. The van der Waals surface area contributed by atoms with Crippen LogP contribution in [0.3, 0.4) is 0 Å². The highest BCUT2D eigenvalue weighted by atomic mass is 16.3. The Labute approximate surface area is 126 Å². The normalized spacial score (nSPS) is 18.7. The maximum absolute atomic E-state index is 5.65. The minimum absolute atomic E-state index is 0.291. The first-order chi connectivity index (χ1) is 10.3. The number of hydrogen-bond donors (Lipinski definition) is 1. The van der Waals surface area contributed by atoms with Crippen molar-refractivity contribution >= 4 is 0 Å². The largest absolute Gasteiger partial charge is 0.468 e. The molecule has 2 aromatic rings. The van der Waals surface area contributed by atoms with Crippen LogP contribution in [0.1, 0.15) is 43.2 Å². The van der Waals surface area contributed by atoms with Crippen molar-refractivity contribution in [2.24, 2.45) is 0 Å². The topological polar surface area (TPSA) is 41.3 Å². The van der Waals surface area contributed by atoms with Gasteiger partial charge in [-0.3, -0.25) is 9.88 Å². The van der Waals surface area contributed by atoms with Crippen LogP contribution in [0.2, 0.25) is 0 Å². The van der Waals surface area contributed by atoms with Crippen molar-refractivity contribution < 1.29 is 4.42 Å². The molecule has 4 heteroatoms. The van der Waals surface area contributed by atoms with E-state index in [1.807, 2.05) is 24.5 Å². The number of nitrogens with zero attached hydrogens (tertiary/aromatic N) is 2. The standard InChI is InChI=1S/C17H23N3O/c1-14(15-6-4-8-18-12-15)19-13-16(17-7-5-11-21-17)20-9-2-3-10-20/h4-8,11-12,14,16,19H,2-3,9-10,13H2,1H3. The van der Waals surface area contributed by atoms with Crippen LogP contribution in [-0.4, -0.2) is 29.5 Å². The molecule has 4 nitrogen and oxygen atoms in total. The fraction of sp³-hybridized carbons (Fsp3) is 0.471. The van der Waals surface area contributed by atoms with Crippen LogP contribution in [0.5, 0.6) is 0 Å². The summed E-state index contributed by atoms with van der Waals surface area (Å²) in [5, 5.41) is 3.62. The van der Waals surface area contributed by atoms with Crippen molar-refractivity contribution in [2.75, 3.05) is 19.6 Å². The molecule has 2 unspecified atom stereocenters. The number of likely N-dealkylation sites (tertiary alicyclic amines) is 1. The number of nitrogens with one attached hydrogen (secondary N) is 1. The van der Waals surface area contributed by atoms with E-state index in [2.05, 4.69) is 34.3 Å². The number of aromatic nitrogens is 1. The lowest BCUT2D eigenvalue weighted by Crippen LogP contribution is -2.35. The van der Waals surface area contributed by atoms with E-state index >= 15 is 0 Å². The van der Waals surface area contributed by atoms with Gasteiger partial charge in [0, 0.05) is 25.0 Å². The van der Waals surface area contributed by atoms with Crippen molar-refractivity contribution in [3.05, 3.63) is 54.2 Å². The quantitative estimate of drug-likeness (QED) is 0.885. The van der Waals surface area contributed by atoms with Crippen LogP contribution in [0.4, 0.5) is 0 Å². The first-order valence-electron chi connectivity index (χ1n) is 7.75. The van der Waals surface area contributed by atoms with Crippen molar-refractivity contribution in [1.29, 1.82) is 0 Å². The third-order valence-corrected chi connectivity index (χ3v) is 4.25. The Morgan fingerprint density at radius 2 is 2.14 bits per heavy atom. The summed E-state index contributed by atoms with van der Waals surface area (Å²) >= 11 is 0. The number of pyridine rings is 1. The lowest BCUT2D eigenvalue weighted by Gasteiger charge is -2.27. The summed E-state index contributed by atoms with van der Waals surface area (Å²) in [6, 6.07) is 8.77. The van der Waals surface area contributed by atoms with Crippen LogP contribution >= 0.6 is 0 Å². The van der Waals surface area contributed by atoms with Crippen molar-refractivity contribution in [2.45, 2.75) is 31.8 Å². The first kappa shape index (κ1) is 14.3. The third kappa shape index (κ3) is 3.52. The van der Waals surface area contributed by atoms with Gasteiger partial charge in [-0.2, -0.15) is 0 Å². The van der Waals surface area contributed by atoms with Gasteiger partial charge in [-0.25, -0.2) is 0 Å². The lowest BCUT2D eigenvalue weighted by molar-refractivity contribution is 0.205. The summed E-state index contributed by atoms with van der Waals surface area (Å²) in [5.41, 5.74) is 1.22. The minimum atomic E-state index is 0.291. The van der Waals surface area contributed by atoms with E-state index in [0.717, 1.165) is 25.4 Å². The second kappa shape index (κ2) is 6.87. The summed E-state index contributed by atoms with van der Waals surface area (Å²) in [6.07, 6.45) is 8.08. The Morgan fingerprint density at radius 3 is 2.81 bits per heavy atom. The summed E-state index contributed by atoms with van der Waals surface area (Å²) in [6.45, 7) is 5.40. The zero-order valence-corrected chi connectivity index (χ0v) is 12.5. The summed E-state index contributed by atoms with van der Waals surface area (Å²) in [5.74, 6) is 1.06. The highest BCUT2D eigenvalue weighted by Gasteiger charge is 2.25. The average Bonchev–Trinajstić information content (AvgIpc) is 3.22. The molecule has 3 heterocycles. The molecule has 21 heavy (non-hydrogen) atoms. The molecule has 1 N–H and O–H groups in total. The highest BCUT2D eigenvalue weighted by molar-refractivity contribution is 5.13. The Hall–Kier alpha value is -1.65. The SMILES string of the molecule is CC(NCC(c1ccco1)N1CCCC1)c1cccnc1. The molecule has 1 aliphatic heterocycles. The Bertz CT molecular complexity index is 520. The molecule has 2 aromatic heterocycles. The van der Waals surface area contributed by atoms with E-state index in [0.29, 0.717) is 12.1 Å². The van der Waals surface area contributed by atoms with Crippen molar-refractivity contribution in [1.82, 2.24) is 15.2 Å². The predicted molar refractivity (Wildman–Crippen MR) is 82.9 cm³/mol. The van der Waals surface area contributed by atoms with Gasteiger partial charge in [0.05, 0.1) is 12.3 Å². The van der Waals surface area contributed by atoms with Gasteiger partial charge in [0.15, 0.2) is 0 Å². The predicted octanol–water partition coefficient (Wildman–Crippen LogP) is 3.16. The van der Waals surface area contributed by atoms with Crippen LogP contribution in [0.25, 0.3) is 0 Å². The molecule has 112 valence electrons. The zero-order valence-electron chi connectivity index (χ0n) is 12.5. The molecule has 0 saturated carbocycles. The van der Waals surface area contributed by atoms with Gasteiger partial charge in [0.1, 0.15) is 5.76 Å². The van der Waals surface area contributed by atoms with Gasteiger partial charge >= 0.3 is 0 Å². The van der Waals surface area contributed by atoms with Gasteiger partial charge in [-0.05, 0) is 56.6 Å². The van der Waals surface area contributed by atoms with E-state index in [1.54, 1.807) is 6.26 Å². The molecule has 3 rings (SSSR count). The molecule has 2 atom stereocenters. The molecule has 1 fully saturated rings. The third-order valence-electron chi connectivity index (χ3n) is 4.25. The minimum Gasteiger partial charge on any atom is -0.468 e. The summed E-state index contributed by atoms with van der Waals surface area (Å²) < 4.78 is 5.65. The summed E-state index contributed by atoms with van der Waals surface area (Å²) in [4.78, 5) is 6.71. The molecule has 0 aromatic carbocycles. The molecule has 0 bridgehead atoms. The van der Waals surface area contributed by atoms with Gasteiger partial charge < -0.3 is 9.73 Å². The number of rotatable bonds is 6. The van der Waals surface area contributed by atoms with Crippen LogP contribution in [-0.2, 0) is 0 Å². The van der Waals surface area contributed by atoms with Crippen molar-refractivity contribution in [3.8, 4) is 0 Å². The Morgan fingerprint density at radius 1 is 1.29 bits per heavy atom. The molecule has 0 spiro atoms. The fourth-order valence-electron chi connectivity index (χ4n) is 2.98. The van der Waals surface area contributed by atoms with Crippen molar-refractivity contribution in [3.63, 3.8) is 0 Å². The zero-order chi connectivity index (χ0) is 14.5. The average molecular weight is 285 g/mol. The Balaban J connectivity index is 1.65. The smallest absolute Gasteiger partial charge is 0.122 e. The van der Waals surface area contributed by atoms with Gasteiger partial charge in [-0.15, -0.1) is 0 Å². The number of furan rings is 1. The molecular weight excluding hydrogens is 262 g/mol. The van der Waals surface area contributed by atoms with E-state index in [9.17, 15) is 0 Å². The molecule has 1 aliphatic rings. The maximum Gasteiger partial charge on any atom is 0.122 e. The van der Waals surface area contributed by atoms with E-state index in [1.165, 1.54) is 18.4 Å². The highest BCUT2D eigenvalue weighted by Crippen LogP contribution is 2.25. The summed E-state index contributed by atoms with van der Waals surface area (Å²) in [7, 11) is 0.